The number of amidine groups is 3. The lowest BCUT2D eigenvalue weighted by molar-refractivity contribution is -0.111. The highest BCUT2D eigenvalue weighted by molar-refractivity contribution is 6.72. The summed E-state index contributed by atoms with van der Waals surface area (Å²) in [6.45, 7) is 2.61. The number of hydrogen-bond donors (Lipinski definition) is 0. The number of carbonyl (C=O) groups is 1. The van der Waals surface area contributed by atoms with Gasteiger partial charge in [0.1, 0.15) is 5.75 Å². The largest absolute Gasteiger partial charge is 0.493 e. The molecule has 2 aliphatic rings. The Hall–Kier alpha value is -3.41. The first kappa shape index (κ1) is 16.1. The van der Waals surface area contributed by atoms with E-state index in [9.17, 15) is 4.79 Å². The maximum absolute atomic E-state index is 12.4. The molecule has 4 rings (SSSR count). The molecule has 0 unspecified atom stereocenters. The Kier molecular flexibility index (Phi) is 4.23. The summed E-state index contributed by atoms with van der Waals surface area (Å²) in [5.74, 6) is 1.28. The molecule has 0 spiro atoms. The van der Waals surface area contributed by atoms with E-state index in [1.165, 1.54) is 0 Å². The van der Waals surface area contributed by atoms with Crippen LogP contribution in [0.1, 0.15) is 24.5 Å². The van der Waals surface area contributed by atoms with Gasteiger partial charge in [-0.2, -0.15) is 4.99 Å². The predicted octanol–water partition coefficient (Wildman–Crippen LogP) is 3.06. The number of aliphatic imine (C=N–C) groups is 4. The summed E-state index contributed by atoms with van der Waals surface area (Å²) >= 11 is 0. The van der Waals surface area contributed by atoms with Gasteiger partial charge < -0.3 is 4.74 Å². The first-order valence-electron chi connectivity index (χ1n) is 8.43. The number of benzene rings is 2. The van der Waals surface area contributed by atoms with E-state index in [-0.39, 0.29) is 5.71 Å². The molecule has 2 aromatic carbocycles. The molecule has 0 bridgehead atoms. The van der Waals surface area contributed by atoms with Crippen LogP contribution in [0.4, 0.5) is 0 Å². The van der Waals surface area contributed by atoms with Gasteiger partial charge >= 0.3 is 5.91 Å². The zero-order valence-corrected chi connectivity index (χ0v) is 14.2. The van der Waals surface area contributed by atoms with Gasteiger partial charge in [-0.3, -0.25) is 4.79 Å². The van der Waals surface area contributed by atoms with Crippen LogP contribution in [-0.2, 0) is 4.79 Å². The fourth-order valence-electron chi connectivity index (χ4n) is 2.66. The maximum Gasteiger partial charge on any atom is 0.301 e. The first-order valence-corrected chi connectivity index (χ1v) is 8.43. The van der Waals surface area contributed by atoms with E-state index in [0.29, 0.717) is 35.4 Å². The lowest BCUT2D eigenvalue weighted by Gasteiger charge is -2.12. The van der Waals surface area contributed by atoms with E-state index in [2.05, 4.69) is 20.0 Å². The van der Waals surface area contributed by atoms with Gasteiger partial charge in [0, 0.05) is 5.56 Å². The van der Waals surface area contributed by atoms with Gasteiger partial charge in [-0.15, -0.1) is 0 Å². The Morgan fingerprint density at radius 3 is 2.35 bits per heavy atom. The molecule has 0 N–H and O–H groups in total. The highest BCUT2D eigenvalue weighted by Gasteiger charge is 2.30. The molecule has 0 saturated carbocycles. The van der Waals surface area contributed by atoms with E-state index in [1.807, 2.05) is 61.5 Å². The van der Waals surface area contributed by atoms with Crippen molar-refractivity contribution in [1.82, 2.24) is 0 Å². The lowest BCUT2D eigenvalue weighted by Crippen LogP contribution is -2.26. The highest BCUT2D eigenvalue weighted by atomic mass is 16.5. The standard InChI is InChI=1S/C20H16N4O2/c1-2-12-26-15-11-7-6-10-14(15)18-23-19-16(20(25)24-18)21-17(22-19)13-8-4-3-5-9-13/h3-11H,2,12H2,1H3. The van der Waals surface area contributed by atoms with Crippen molar-refractivity contribution in [3.05, 3.63) is 65.7 Å². The second kappa shape index (κ2) is 6.84. The number of carbonyl (C=O) groups excluding carboxylic acids is 1. The van der Waals surface area contributed by atoms with Crippen molar-refractivity contribution in [2.75, 3.05) is 6.61 Å². The molecule has 6 nitrogen and oxygen atoms in total. The Balaban J connectivity index is 1.71. The van der Waals surface area contributed by atoms with Gasteiger partial charge in [-0.05, 0) is 18.6 Å². The molecule has 26 heavy (non-hydrogen) atoms. The molecule has 1 amide bonds. The molecular formula is C20H16N4O2. The van der Waals surface area contributed by atoms with Crippen molar-refractivity contribution in [1.29, 1.82) is 0 Å². The van der Waals surface area contributed by atoms with Crippen LogP contribution in [0.2, 0.25) is 0 Å². The average Bonchev–Trinajstić information content (AvgIpc) is 3.12. The molecule has 2 aliphatic heterocycles. The summed E-state index contributed by atoms with van der Waals surface area (Å²) in [4.78, 5) is 29.7. The van der Waals surface area contributed by atoms with Gasteiger partial charge in [0.15, 0.2) is 23.2 Å². The number of nitrogens with zero attached hydrogens (tertiary/aromatic N) is 4. The fraction of sp³-hybridized carbons (Fsp3) is 0.150. The van der Waals surface area contributed by atoms with Crippen molar-refractivity contribution < 1.29 is 9.53 Å². The number of amides is 1. The number of para-hydroxylation sites is 1. The molecule has 0 aromatic heterocycles. The Morgan fingerprint density at radius 2 is 1.54 bits per heavy atom. The monoisotopic (exact) mass is 344 g/mol. The van der Waals surface area contributed by atoms with Gasteiger partial charge in [-0.25, -0.2) is 15.0 Å². The number of ether oxygens (including phenoxy) is 1. The van der Waals surface area contributed by atoms with Crippen LogP contribution in [0.3, 0.4) is 0 Å². The van der Waals surface area contributed by atoms with Crippen LogP contribution in [0.25, 0.3) is 0 Å². The van der Waals surface area contributed by atoms with Crippen LogP contribution in [0.5, 0.6) is 5.75 Å². The minimum absolute atomic E-state index is 0.180. The van der Waals surface area contributed by atoms with E-state index < -0.39 is 5.91 Å². The molecular weight excluding hydrogens is 328 g/mol. The quantitative estimate of drug-likeness (QED) is 0.836. The van der Waals surface area contributed by atoms with Gasteiger partial charge in [0.2, 0.25) is 0 Å². The molecule has 0 aliphatic carbocycles. The van der Waals surface area contributed by atoms with Crippen molar-refractivity contribution in [2.45, 2.75) is 13.3 Å². The van der Waals surface area contributed by atoms with E-state index in [4.69, 9.17) is 4.74 Å². The van der Waals surface area contributed by atoms with Crippen LogP contribution >= 0.6 is 0 Å². The predicted molar refractivity (Wildman–Crippen MR) is 102 cm³/mol. The molecule has 6 heteroatoms. The number of hydrogen-bond acceptors (Lipinski definition) is 5. The summed E-state index contributed by atoms with van der Waals surface area (Å²) in [6, 6.07) is 16.9. The highest BCUT2D eigenvalue weighted by Crippen LogP contribution is 2.23. The van der Waals surface area contributed by atoms with Crippen LogP contribution in [-0.4, -0.2) is 35.7 Å². The van der Waals surface area contributed by atoms with E-state index in [0.717, 1.165) is 12.0 Å². The minimum Gasteiger partial charge on any atom is -0.493 e. The normalized spacial score (nSPS) is 15.7. The zero-order chi connectivity index (χ0) is 17.9. The molecule has 0 radical (unpaired) electrons. The smallest absolute Gasteiger partial charge is 0.301 e. The third-order valence-corrected chi connectivity index (χ3v) is 3.88. The summed E-state index contributed by atoms with van der Waals surface area (Å²) in [6.07, 6.45) is 0.885. The molecule has 0 atom stereocenters. The Morgan fingerprint density at radius 1 is 0.808 bits per heavy atom. The van der Waals surface area contributed by atoms with Crippen molar-refractivity contribution in [3.8, 4) is 5.75 Å². The second-order valence-electron chi connectivity index (χ2n) is 5.78. The number of fused-ring (bicyclic) bond motifs is 1. The van der Waals surface area contributed by atoms with E-state index in [1.54, 1.807) is 0 Å². The van der Waals surface area contributed by atoms with Crippen LogP contribution in [0, 0.1) is 0 Å². The van der Waals surface area contributed by atoms with Crippen molar-refractivity contribution in [3.63, 3.8) is 0 Å². The Labute approximate surface area is 150 Å². The third-order valence-electron chi connectivity index (χ3n) is 3.88. The van der Waals surface area contributed by atoms with Crippen molar-refractivity contribution >= 4 is 29.1 Å². The molecule has 2 heterocycles. The zero-order valence-electron chi connectivity index (χ0n) is 14.2. The molecule has 0 saturated heterocycles. The third kappa shape index (κ3) is 2.97. The average molecular weight is 344 g/mol. The first-order chi connectivity index (χ1) is 12.8. The number of rotatable bonds is 5. The van der Waals surface area contributed by atoms with Crippen LogP contribution in [0.15, 0.2) is 74.6 Å². The van der Waals surface area contributed by atoms with Crippen LogP contribution < -0.4 is 4.74 Å². The SMILES string of the molecule is CCCOc1ccccc1C1=NC(=O)C2=NC(c3ccccc3)=NC2=N1. The summed E-state index contributed by atoms with van der Waals surface area (Å²) < 4.78 is 5.75. The lowest BCUT2D eigenvalue weighted by atomic mass is 10.1. The minimum atomic E-state index is -0.440. The second-order valence-corrected chi connectivity index (χ2v) is 5.78. The van der Waals surface area contributed by atoms with Gasteiger partial charge in [-0.1, -0.05) is 49.4 Å². The summed E-state index contributed by atoms with van der Waals surface area (Å²) in [5.41, 5.74) is 1.68. The summed E-state index contributed by atoms with van der Waals surface area (Å²) in [5, 5.41) is 0. The van der Waals surface area contributed by atoms with Crippen molar-refractivity contribution in [2.24, 2.45) is 20.0 Å². The maximum atomic E-state index is 12.4. The molecule has 2 aromatic rings. The molecule has 0 fully saturated rings. The van der Waals surface area contributed by atoms with Gasteiger partial charge in [0.05, 0.1) is 12.2 Å². The topological polar surface area (TPSA) is 75.7 Å². The Bertz CT molecular complexity index is 988. The molecule has 128 valence electrons. The summed E-state index contributed by atoms with van der Waals surface area (Å²) in [7, 11) is 0. The fourth-order valence-corrected chi connectivity index (χ4v) is 2.66. The van der Waals surface area contributed by atoms with E-state index >= 15 is 0 Å². The van der Waals surface area contributed by atoms with Gasteiger partial charge in [0.25, 0.3) is 0 Å².